The molecular weight excluding hydrogens is 1450 g/mol. The average Bonchev–Trinajstić information content (AvgIpc) is 0.808. The van der Waals surface area contributed by atoms with Gasteiger partial charge in [0.2, 0.25) is 5.95 Å². The lowest BCUT2D eigenvalue weighted by Crippen LogP contribution is -2.44. The number of nitrogens with one attached hydrogen (secondary N) is 2. The molecule has 0 amide bonds. The first-order valence-electron chi connectivity index (χ1n) is 45.7. The number of anilines is 5. The zero-order valence-corrected chi connectivity index (χ0v) is 76.4. The minimum absolute atomic E-state index is 0.151. The van der Waals surface area contributed by atoms with E-state index in [4.69, 9.17) is 9.47 Å². The van der Waals surface area contributed by atoms with Crippen molar-refractivity contribution in [2.75, 3.05) is 76.3 Å². The van der Waals surface area contributed by atoms with Gasteiger partial charge in [-0.25, -0.2) is 4.98 Å². The number of rotatable bonds is 23. The SMILES string of the molecule is CCCc1cc(C2CCC(C3CCC(C)CC3)CC2)ccc1CC1C=C(Cc2ccccc2C(C)(C)C)C(C)=CC1.CCc1cc(C2CCC(C3CCC(C)CC3)CC2)ccc1Cc1ccc(C)c(Cc2cccc(C)c2C(C)(C)C)c1.COc1cc(N2CCN(C)CC2)ccc1Nc1ncc(OC)c(Nc2ccccc2P(C)(C)=O)n1. The molecule has 628 valence electrons. The van der Waals surface area contributed by atoms with Crippen molar-refractivity contribution in [3.63, 3.8) is 0 Å². The number of methoxy groups -OCH3 is 2. The molecule has 1 atom stereocenters. The van der Waals surface area contributed by atoms with Gasteiger partial charge in [0.15, 0.2) is 11.6 Å². The molecule has 0 spiro atoms. The third kappa shape index (κ3) is 23.7. The van der Waals surface area contributed by atoms with Crippen molar-refractivity contribution in [1.29, 1.82) is 0 Å². The maximum atomic E-state index is 12.8. The van der Waals surface area contributed by atoms with Crippen LogP contribution in [-0.4, -0.2) is 75.6 Å². The van der Waals surface area contributed by atoms with Crippen LogP contribution < -0.4 is 30.3 Å². The molecule has 1 unspecified atom stereocenters. The monoisotopic (exact) mass is 1600 g/mol. The molecule has 117 heavy (non-hydrogen) atoms. The number of hydrogen-bond acceptors (Lipinski definition) is 9. The predicted molar refractivity (Wildman–Crippen MR) is 500 cm³/mol. The molecule has 7 aromatic carbocycles. The summed E-state index contributed by atoms with van der Waals surface area (Å²) in [6, 6.07) is 52.0. The Labute approximate surface area is 708 Å². The van der Waals surface area contributed by atoms with Crippen molar-refractivity contribution in [1.82, 2.24) is 14.9 Å². The Kier molecular flexibility index (Phi) is 30.7. The van der Waals surface area contributed by atoms with Crippen molar-refractivity contribution >= 4 is 41.3 Å². The second-order valence-corrected chi connectivity index (χ2v) is 42.3. The highest BCUT2D eigenvalue weighted by Crippen LogP contribution is 2.48. The number of para-hydroxylation sites is 1. The Balaban J connectivity index is 0.000000162. The Morgan fingerprint density at radius 2 is 1.11 bits per heavy atom. The maximum Gasteiger partial charge on any atom is 0.229 e. The van der Waals surface area contributed by atoms with Gasteiger partial charge in [0.1, 0.15) is 12.9 Å². The first kappa shape index (κ1) is 88.6. The smallest absolute Gasteiger partial charge is 0.229 e. The van der Waals surface area contributed by atoms with Gasteiger partial charge in [-0.05, 0) is 335 Å². The highest BCUT2D eigenvalue weighted by atomic mass is 31.2. The van der Waals surface area contributed by atoms with E-state index in [1.807, 2.05) is 36.4 Å². The molecule has 1 aliphatic heterocycles. The zero-order valence-electron chi connectivity index (χ0n) is 75.5. The van der Waals surface area contributed by atoms with Crippen LogP contribution in [0.4, 0.5) is 28.8 Å². The van der Waals surface area contributed by atoms with Crippen LogP contribution in [0.25, 0.3) is 0 Å². The summed E-state index contributed by atoms with van der Waals surface area (Å²) in [4.78, 5) is 13.7. The normalized spacial score (nSPS) is 22.1. The minimum atomic E-state index is -2.50. The van der Waals surface area contributed by atoms with Gasteiger partial charge in [0.05, 0.1) is 31.8 Å². The van der Waals surface area contributed by atoms with Gasteiger partial charge in [-0.1, -0.05) is 228 Å². The number of benzene rings is 7. The average molecular weight is 1600 g/mol. The summed E-state index contributed by atoms with van der Waals surface area (Å²) in [6.45, 7) is 38.1. The van der Waals surface area contributed by atoms with E-state index in [-0.39, 0.29) is 10.8 Å². The van der Waals surface area contributed by atoms with E-state index >= 15 is 0 Å². The number of aromatic nitrogens is 2. The Morgan fingerprint density at radius 1 is 0.521 bits per heavy atom. The van der Waals surface area contributed by atoms with Gasteiger partial charge in [-0.15, -0.1) is 0 Å². The summed E-state index contributed by atoms with van der Waals surface area (Å²) >= 11 is 0. The quantitative estimate of drug-likeness (QED) is 0.0608. The van der Waals surface area contributed by atoms with Gasteiger partial charge in [0.25, 0.3) is 0 Å². The zero-order chi connectivity index (χ0) is 83.1. The van der Waals surface area contributed by atoms with Crippen molar-refractivity contribution in [3.05, 3.63) is 247 Å². The van der Waals surface area contributed by atoms with Crippen LogP contribution in [0.3, 0.4) is 0 Å². The molecule has 4 saturated carbocycles. The molecule has 1 aromatic heterocycles. The lowest BCUT2D eigenvalue weighted by atomic mass is 9.68. The maximum absolute atomic E-state index is 12.8. The third-order valence-corrected chi connectivity index (χ3v) is 29.5. The largest absolute Gasteiger partial charge is 0.494 e. The first-order valence-corrected chi connectivity index (χ1v) is 48.3. The van der Waals surface area contributed by atoms with Crippen LogP contribution in [0, 0.1) is 55.3 Å². The van der Waals surface area contributed by atoms with Crippen molar-refractivity contribution in [2.24, 2.45) is 41.4 Å². The molecule has 5 fully saturated rings. The van der Waals surface area contributed by atoms with Gasteiger partial charge in [-0.3, -0.25) is 0 Å². The molecule has 2 N–H and O–H groups in total. The summed E-state index contributed by atoms with van der Waals surface area (Å²) in [5.41, 5.74) is 27.2. The number of allylic oxidation sites excluding steroid dienone is 4. The number of ether oxygens (including phenoxy) is 2. The topological polar surface area (TPSA) is 91.9 Å². The van der Waals surface area contributed by atoms with Crippen LogP contribution in [0.15, 0.2) is 169 Å². The summed E-state index contributed by atoms with van der Waals surface area (Å²) < 4.78 is 23.9. The minimum Gasteiger partial charge on any atom is -0.494 e. The van der Waals surface area contributed by atoms with Crippen LogP contribution in [0.2, 0.25) is 0 Å². The molecule has 1 saturated heterocycles. The molecule has 14 rings (SSSR count). The van der Waals surface area contributed by atoms with E-state index in [0.29, 0.717) is 29.2 Å². The highest BCUT2D eigenvalue weighted by Gasteiger charge is 2.34. The lowest BCUT2D eigenvalue weighted by molar-refractivity contribution is 0.165. The number of piperazine rings is 1. The summed E-state index contributed by atoms with van der Waals surface area (Å²) in [5.74, 6) is 10.2. The van der Waals surface area contributed by atoms with Crippen LogP contribution in [0.5, 0.6) is 11.5 Å². The summed E-state index contributed by atoms with van der Waals surface area (Å²) in [5, 5.41) is 7.28. The summed E-state index contributed by atoms with van der Waals surface area (Å²) in [6.07, 6.45) is 39.1. The fraction of sp³-hybridized carbons (Fsp3) is 0.533. The second-order valence-electron chi connectivity index (χ2n) is 39.2. The Morgan fingerprint density at radius 3 is 1.71 bits per heavy atom. The molecule has 10 heteroatoms. The van der Waals surface area contributed by atoms with E-state index in [2.05, 4.69) is 243 Å². The molecule has 6 aliphatic rings. The standard InChI is InChI=1S/C41H56.C41H58.C25H33N6O3P/c1-8-32-26-37(35-20-18-34(19-21-35)33-16-12-28(2)13-17-33)23-22-36(32)24-31-15-14-29(3)39(25-31)27-38-11-9-10-30(4)40(38)41(5,6)7;1-7-10-35-27-37(34-21-19-33(20-22-34)32-17-13-29(2)14-18-32)24-23-36(35)25-31-16-15-30(3)39(26-31)28-38-11-8-9-12-40(38)41(4,5)6;1-30-12-14-31(15-13-30)18-10-11-19(21(16-18)33-2)28-25-26-17-22(34-3)24(29-25)27-20-8-6-7-9-23(20)35(4,5)32/h9-11,14-15,22-23,25-26,28,33-35H,8,12-13,16-21,24,27H2,1-7H3;8-9,11-12,15,23-24,26-27,29,31-34H,7,10,13-14,16-22,25,28H2,1-6H3;6-11,16-17H,12-15H2,1-5H3,(H2,26,27,28,29). The van der Waals surface area contributed by atoms with E-state index in [1.165, 1.54) is 190 Å². The molecule has 0 radical (unpaired) electrons. The van der Waals surface area contributed by atoms with Crippen molar-refractivity contribution in [2.45, 2.75) is 267 Å². The Bertz CT molecular complexity index is 4680. The van der Waals surface area contributed by atoms with Crippen LogP contribution in [-0.2, 0) is 53.9 Å². The molecule has 0 bridgehead atoms. The third-order valence-electron chi connectivity index (χ3n) is 28.0. The fourth-order valence-electron chi connectivity index (χ4n) is 21.0. The number of hydrogen-bond donors (Lipinski definition) is 2. The van der Waals surface area contributed by atoms with Crippen LogP contribution in [0.1, 0.15) is 281 Å². The molecule has 2 heterocycles. The number of nitrogens with zero attached hydrogens (tertiary/aromatic N) is 4. The van der Waals surface area contributed by atoms with E-state index in [1.54, 1.807) is 61.6 Å². The van der Waals surface area contributed by atoms with Gasteiger partial charge >= 0.3 is 0 Å². The lowest BCUT2D eigenvalue weighted by Gasteiger charge is -2.37. The molecule has 8 aromatic rings. The van der Waals surface area contributed by atoms with Gasteiger partial charge in [0, 0.05) is 43.2 Å². The van der Waals surface area contributed by atoms with E-state index < -0.39 is 7.14 Å². The van der Waals surface area contributed by atoms with Crippen molar-refractivity contribution < 1.29 is 14.0 Å². The summed E-state index contributed by atoms with van der Waals surface area (Å²) in [7, 11) is 2.86. The van der Waals surface area contributed by atoms with Gasteiger partial charge in [-0.2, -0.15) is 4.98 Å². The predicted octanol–water partition coefficient (Wildman–Crippen LogP) is 27.1. The molecule has 9 nitrogen and oxygen atoms in total. The molecular formula is C107H147N6O3P. The number of aryl methyl sites for hydroxylation is 4. The first-order chi connectivity index (χ1) is 56.1. The van der Waals surface area contributed by atoms with Crippen LogP contribution >= 0.6 is 7.14 Å². The van der Waals surface area contributed by atoms with Gasteiger partial charge < -0.3 is 34.5 Å². The number of likely N-dealkylation sites (N-methyl/N-ethyl adjacent to an activating group) is 1. The second kappa shape index (κ2) is 40.6. The molecule has 5 aliphatic carbocycles. The van der Waals surface area contributed by atoms with E-state index in [9.17, 15) is 4.57 Å². The van der Waals surface area contributed by atoms with E-state index in [0.717, 1.165) is 122 Å². The van der Waals surface area contributed by atoms with Crippen molar-refractivity contribution in [3.8, 4) is 11.5 Å². The fourth-order valence-corrected chi connectivity index (χ4v) is 22.1. The Hall–Kier alpha value is -7.71. The highest BCUT2D eigenvalue weighted by molar-refractivity contribution is 7.70.